The first-order chi connectivity index (χ1) is 7.31. The molecule has 0 saturated carbocycles. The minimum absolute atomic E-state index is 0.491. The van der Waals surface area contributed by atoms with Gasteiger partial charge in [-0.05, 0) is 17.7 Å². The quantitative estimate of drug-likeness (QED) is 0.718. The van der Waals surface area contributed by atoms with E-state index in [2.05, 4.69) is 0 Å². The number of nitrogens with two attached hydrogens (primary N) is 1. The molecule has 0 bridgehead atoms. The Morgan fingerprint density at radius 2 is 1.93 bits per heavy atom. The number of methoxy groups -OCH3 is 2. The molecule has 0 fully saturated rings. The summed E-state index contributed by atoms with van der Waals surface area (Å²) in [6.45, 7) is 1.54. The van der Waals surface area contributed by atoms with Gasteiger partial charge in [0.1, 0.15) is 6.61 Å². The fourth-order valence-electron chi connectivity index (χ4n) is 1.20. The fourth-order valence-corrected chi connectivity index (χ4v) is 1.20. The number of hydrogen-bond donors (Lipinski definition) is 1. The van der Waals surface area contributed by atoms with Gasteiger partial charge in [0.25, 0.3) is 0 Å². The lowest BCUT2D eigenvalue weighted by atomic mass is 10.2. The van der Waals surface area contributed by atoms with Crippen LogP contribution in [0.1, 0.15) is 5.56 Å². The van der Waals surface area contributed by atoms with E-state index in [-0.39, 0.29) is 0 Å². The molecule has 0 spiro atoms. The molecule has 0 aliphatic heterocycles. The Bertz CT molecular complexity index is 302. The third-order valence-electron chi connectivity index (χ3n) is 2.01. The molecule has 1 aromatic rings. The molecule has 1 rings (SSSR count). The highest BCUT2D eigenvalue weighted by atomic mass is 16.5. The lowest BCUT2D eigenvalue weighted by Crippen LogP contribution is -2.06. The second kappa shape index (κ2) is 6.27. The predicted molar refractivity (Wildman–Crippen MR) is 58.3 cm³/mol. The van der Waals surface area contributed by atoms with E-state index in [9.17, 15) is 0 Å². The molecule has 15 heavy (non-hydrogen) atoms. The van der Waals surface area contributed by atoms with Gasteiger partial charge in [0.05, 0.1) is 13.7 Å². The summed E-state index contributed by atoms with van der Waals surface area (Å²) in [7, 11) is 3.25. The van der Waals surface area contributed by atoms with Crippen molar-refractivity contribution in [1.82, 2.24) is 0 Å². The monoisotopic (exact) mass is 211 g/mol. The van der Waals surface area contributed by atoms with Crippen LogP contribution in [0.4, 0.5) is 0 Å². The van der Waals surface area contributed by atoms with Crippen LogP contribution in [0.2, 0.25) is 0 Å². The van der Waals surface area contributed by atoms with Crippen LogP contribution in [0.25, 0.3) is 0 Å². The lowest BCUT2D eigenvalue weighted by molar-refractivity contribution is 0.144. The molecule has 0 heterocycles. The van der Waals surface area contributed by atoms with Crippen molar-refractivity contribution in [3.63, 3.8) is 0 Å². The van der Waals surface area contributed by atoms with Crippen LogP contribution in [0.3, 0.4) is 0 Å². The van der Waals surface area contributed by atoms with E-state index in [1.54, 1.807) is 14.2 Å². The minimum atomic E-state index is 0.491. The minimum Gasteiger partial charge on any atom is -0.493 e. The van der Waals surface area contributed by atoms with Crippen molar-refractivity contribution in [3.8, 4) is 11.5 Å². The van der Waals surface area contributed by atoms with Gasteiger partial charge >= 0.3 is 0 Å². The van der Waals surface area contributed by atoms with Crippen molar-refractivity contribution in [2.24, 2.45) is 5.73 Å². The van der Waals surface area contributed by atoms with Crippen molar-refractivity contribution < 1.29 is 14.2 Å². The van der Waals surface area contributed by atoms with Crippen molar-refractivity contribution >= 4 is 0 Å². The first-order valence-corrected chi connectivity index (χ1v) is 4.80. The van der Waals surface area contributed by atoms with E-state index in [1.165, 1.54) is 0 Å². The molecule has 84 valence electrons. The molecule has 0 saturated heterocycles. The molecule has 0 amide bonds. The molecule has 0 aromatic heterocycles. The molecule has 2 N–H and O–H groups in total. The zero-order chi connectivity index (χ0) is 11.1. The molecule has 0 radical (unpaired) electrons. The molecule has 0 atom stereocenters. The Labute approximate surface area is 89.9 Å². The maximum Gasteiger partial charge on any atom is 0.161 e. The Hall–Kier alpha value is -1.26. The summed E-state index contributed by atoms with van der Waals surface area (Å²) >= 11 is 0. The third-order valence-corrected chi connectivity index (χ3v) is 2.01. The Kier molecular flexibility index (Phi) is 4.93. The number of hydrogen-bond acceptors (Lipinski definition) is 4. The standard InChI is InChI=1S/C11H17NO3/c1-13-5-6-15-11-7-9(8-12)3-4-10(11)14-2/h3-4,7H,5-6,8,12H2,1-2H3. The van der Waals surface area contributed by atoms with Gasteiger partial charge in [0.2, 0.25) is 0 Å². The zero-order valence-corrected chi connectivity index (χ0v) is 9.16. The zero-order valence-electron chi connectivity index (χ0n) is 9.16. The highest BCUT2D eigenvalue weighted by Gasteiger charge is 2.04. The summed E-state index contributed by atoms with van der Waals surface area (Å²) in [6.07, 6.45) is 0. The molecular weight excluding hydrogens is 194 g/mol. The second-order valence-corrected chi connectivity index (χ2v) is 3.03. The van der Waals surface area contributed by atoms with Crippen LogP contribution in [0.5, 0.6) is 11.5 Å². The highest BCUT2D eigenvalue weighted by molar-refractivity contribution is 5.42. The van der Waals surface area contributed by atoms with Gasteiger partial charge in [-0.3, -0.25) is 0 Å². The maximum atomic E-state index is 5.54. The van der Waals surface area contributed by atoms with E-state index >= 15 is 0 Å². The molecule has 0 unspecified atom stereocenters. The SMILES string of the molecule is COCCOc1cc(CN)ccc1OC. The van der Waals surface area contributed by atoms with Gasteiger partial charge in [0.15, 0.2) is 11.5 Å². The largest absolute Gasteiger partial charge is 0.493 e. The Balaban J connectivity index is 2.72. The van der Waals surface area contributed by atoms with Gasteiger partial charge < -0.3 is 19.9 Å². The Morgan fingerprint density at radius 1 is 1.13 bits per heavy atom. The van der Waals surface area contributed by atoms with E-state index in [1.807, 2.05) is 18.2 Å². The van der Waals surface area contributed by atoms with Crippen molar-refractivity contribution in [1.29, 1.82) is 0 Å². The van der Waals surface area contributed by atoms with E-state index in [0.717, 1.165) is 5.56 Å². The number of rotatable bonds is 6. The van der Waals surface area contributed by atoms with Crippen molar-refractivity contribution in [2.45, 2.75) is 6.54 Å². The summed E-state index contributed by atoms with van der Waals surface area (Å²) < 4.78 is 15.6. The summed E-state index contributed by atoms with van der Waals surface area (Å²) in [6, 6.07) is 5.65. The molecule has 1 aromatic carbocycles. The van der Waals surface area contributed by atoms with Crippen molar-refractivity contribution in [2.75, 3.05) is 27.4 Å². The van der Waals surface area contributed by atoms with Crippen LogP contribution in [-0.2, 0) is 11.3 Å². The van der Waals surface area contributed by atoms with Gasteiger partial charge in [-0.2, -0.15) is 0 Å². The average Bonchev–Trinajstić information content (AvgIpc) is 2.29. The van der Waals surface area contributed by atoms with Gasteiger partial charge in [-0.15, -0.1) is 0 Å². The molecule has 0 aliphatic carbocycles. The summed E-state index contributed by atoms with van der Waals surface area (Å²) in [5.41, 5.74) is 6.56. The smallest absolute Gasteiger partial charge is 0.161 e. The average molecular weight is 211 g/mol. The highest BCUT2D eigenvalue weighted by Crippen LogP contribution is 2.27. The van der Waals surface area contributed by atoms with Crippen LogP contribution in [0.15, 0.2) is 18.2 Å². The molecular formula is C11H17NO3. The van der Waals surface area contributed by atoms with E-state index in [0.29, 0.717) is 31.3 Å². The van der Waals surface area contributed by atoms with Crippen LogP contribution < -0.4 is 15.2 Å². The predicted octanol–water partition coefficient (Wildman–Crippen LogP) is 1.18. The molecule has 4 nitrogen and oxygen atoms in total. The third kappa shape index (κ3) is 3.42. The Morgan fingerprint density at radius 3 is 2.53 bits per heavy atom. The molecule has 0 aliphatic rings. The van der Waals surface area contributed by atoms with Crippen LogP contribution in [-0.4, -0.2) is 27.4 Å². The normalized spacial score (nSPS) is 10.1. The van der Waals surface area contributed by atoms with Gasteiger partial charge in [-0.25, -0.2) is 0 Å². The van der Waals surface area contributed by atoms with Crippen LogP contribution in [0, 0.1) is 0 Å². The molecule has 4 heteroatoms. The summed E-state index contributed by atoms with van der Waals surface area (Å²) in [5.74, 6) is 1.42. The van der Waals surface area contributed by atoms with Gasteiger partial charge in [-0.1, -0.05) is 6.07 Å². The maximum absolute atomic E-state index is 5.54. The van der Waals surface area contributed by atoms with Crippen molar-refractivity contribution in [3.05, 3.63) is 23.8 Å². The summed E-state index contributed by atoms with van der Waals surface area (Å²) in [5, 5.41) is 0. The van der Waals surface area contributed by atoms with E-state index < -0.39 is 0 Å². The fraction of sp³-hybridized carbons (Fsp3) is 0.455. The number of benzene rings is 1. The topological polar surface area (TPSA) is 53.7 Å². The second-order valence-electron chi connectivity index (χ2n) is 3.03. The van der Waals surface area contributed by atoms with Gasteiger partial charge in [0, 0.05) is 13.7 Å². The first-order valence-electron chi connectivity index (χ1n) is 4.80. The number of ether oxygens (including phenoxy) is 3. The first kappa shape index (κ1) is 11.8. The summed E-state index contributed by atoms with van der Waals surface area (Å²) in [4.78, 5) is 0. The van der Waals surface area contributed by atoms with E-state index in [4.69, 9.17) is 19.9 Å². The lowest BCUT2D eigenvalue weighted by Gasteiger charge is -2.11. The van der Waals surface area contributed by atoms with Crippen LogP contribution >= 0.6 is 0 Å².